The first-order chi connectivity index (χ1) is 29.5. The standard InChI is InChI=1S/C54H84O6/c1-4-7-10-13-16-19-22-24-26-27-28-30-32-35-38-41-44-47-53(56)59-50-51(49-58-52(55)46-43-40-37-34-31-21-18-15-12-9-6-3)60-54(57)48-45-42-39-36-33-29-25-23-20-17-14-11-8-5-2/h7-8,10-11,13,15-22,24,26-28,30-32,51H,4-6,9,12,14,23,25,29,33-50H2,1-3H3/b10-7-,11-8-,16-13-,18-15-,20-17-,22-19-,26-24-,28-27+,31-21-,32-30-. The highest BCUT2D eigenvalue weighted by Gasteiger charge is 2.19. The Labute approximate surface area is 367 Å². The summed E-state index contributed by atoms with van der Waals surface area (Å²) in [5.41, 5.74) is 0. The van der Waals surface area contributed by atoms with Crippen molar-refractivity contribution in [2.45, 2.75) is 187 Å². The van der Waals surface area contributed by atoms with Gasteiger partial charge in [-0.15, -0.1) is 0 Å². The molecule has 0 bridgehead atoms. The van der Waals surface area contributed by atoms with E-state index >= 15 is 0 Å². The van der Waals surface area contributed by atoms with E-state index in [1.807, 2.05) is 60.8 Å². The molecule has 0 aromatic heterocycles. The predicted octanol–water partition coefficient (Wildman–Crippen LogP) is 15.4. The Morgan fingerprint density at radius 3 is 1.23 bits per heavy atom. The maximum atomic E-state index is 12.7. The second kappa shape index (κ2) is 47.5. The quantitative estimate of drug-likeness (QED) is 0.0201. The van der Waals surface area contributed by atoms with Crippen LogP contribution in [0.4, 0.5) is 0 Å². The van der Waals surface area contributed by atoms with Crippen molar-refractivity contribution in [1.82, 2.24) is 0 Å². The van der Waals surface area contributed by atoms with E-state index in [0.29, 0.717) is 19.3 Å². The number of hydrogen-bond donors (Lipinski definition) is 0. The molecule has 6 nitrogen and oxygen atoms in total. The molecule has 0 radical (unpaired) electrons. The number of hydrogen-bond acceptors (Lipinski definition) is 6. The fourth-order valence-corrected chi connectivity index (χ4v) is 5.84. The van der Waals surface area contributed by atoms with Crippen LogP contribution in [0.15, 0.2) is 122 Å². The Balaban J connectivity index is 4.54. The average molecular weight is 829 g/mol. The van der Waals surface area contributed by atoms with Crippen molar-refractivity contribution in [2.75, 3.05) is 13.2 Å². The molecule has 0 aliphatic carbocycles. The van der Waals surface area contributed by atoms with Crippen molar-refractivity contribution >= 4 is 17.9 Å². The van der Waals surface area contributed by atoms with Crippen LogP contribution in [0.5, 0.6) is 0 Å². The second-order valence-corrected chi connectivity index (χ2v) is 15.1. The topological polar surface area (TPSA) is 78.9 Å². The van der Waals surface area contributed by atoms with Gasteiger partial charge in [0.25, 0.3) is 0 Å². The SMILES string of the molecule is CC\C=C/C=C\C=C/C=C\C=C\C=C/CCCCCC(=O)OCC(COC(=O)CCCCC/C=C\C=C/CCCC)OC(=O)CCCCCCCCC/C=C\C/C=C\CC. The number of allylic oxidation sites excluding steroid dienone is 20. The van der Waals surface area contributed by atoms with E-state index in [0.717, 1.165) is 103 Å². The third kappa shape index (κ3) is 44.9. The molecule has 0 heterocycles. The van der Waals surface area contributed by atoms with Gasteiger partial charge >= 0.3 is 17.9 Å². The number of ether oxygens (including phenoxy) is 3. The van der Waals surface area contributed by atoms with E-state index in [9.17, 15) is 14.4 Å². The number of esters is 3. The Bertz CT molecular complexity index is 1320. The molecular formula is C54H84O6. The zero-order chi connectivity index (χ0) is 43.7. The predicted molar refractivity (Wildman–Crippen MR) is 256 cm³/mol. The van der Waals surface area contributed by atoms with Gasteiger partial charge in [0.2, 0.25) is 0 Å². The summed E-state index contributed by atoms with van der Waals surface area (Å²) >= 11 is 0. The van der Waals surface area contributed by atoms with Crippen LogP contribution < -0.4 is 0 Å². The molecule has 1 atom stereocenters. The Morgan fingerprint density at radius 1 is 0.367 bits per heavy atom. The largest absolute Gasteiger partial charge is 0.462 e. The van der Waals surface area contributed by atoms with Gasteiger partial charge in [0.15, 0.2) is 6.10 Å². The summed E-state index contributed by atoms with van der Waals surface area (Å²) in [6.07, 6.45) is 64.6. The molecule has 0 amide bonds. The molecule has 0 aromatic rings. The van der Waals surface area contributed by atoms with E-state index in [1.165, 1.54) is 38.5 Å². The molecule has 1 unspecified atom stereocenters. The molecule has 0 spiro atoms. The van der Waals surface area contributed by atoms with Crippen LogP contribution in [-0.2, 0) is 28.6 Å². The van der Waals surface area contributed by atoms with Gasteiger partial charge in [-0.1, -0.05) is 200 Å². The third-order valence-electron chi connectivity index (χ3n) is 9.37. The minimum absolute atomic E-state index is 0.114. The summed E-state index contributed by atoms with van der Waals surface area (Å²) in [5, 5.41) is 0. The van der Waals surface area contributed by atoms with Crippen molar-refractivity contribution in [3.63, 3.8) is 0 Å². The maximum absolute atomic E-state index is 12.7. The first-order valence-electron chi connectivity index (χ1n) is 23.6. The number of carbonyl (C=O) groups excluding carboxylic acids is 3. The van der Waals surface area contributed by atoms with Gasteiger partial charge in [-0.3, -0.25) is 14.4 Å². The highest BCUT2D eigenvalue weighted by atomic mass is 16.6. The van der Waals surface area contributed by atoms with Crippen molar-refractivity contribution < 1.29 is 28.6 Å². The molecular weight excluding hydrogens is 745 g/mol. The van der Waals surface area contributed by atoms with Gasteiger partial charge in [0.1, 0.15) is 13.2 Å². The van der Waals surface area contributed by atoms with Crippen LogP contribution in [0.2, 0.25) is 0 Å². The third-order valence-corrected chi connectivity index (χ3v) is 9.37. The summed E-state index contributed by atoms with van der Waals surface area (Å²) in [5.74, 6) is -1.00. The number of unbranched alkanes of at least 4 members (excludes halogenated alkanes) is 15. The molecule has 336 valence electrons. The average Bonchev–Trinajstić information content (AvgIpc) is 3.24. The maximum Gasteiger partial charge on any atom is 0.306 e. The molecule has 0 fully saturated rings. The zero-order valence-electron chi connectivity index (χ0n) is 38.2. The molecule has 0 saturated carbocycles. The number of carbonyl (C=O) groups is 3. The first kappa shape index (κ1) is 55.8. The highest BCUT2D eigenvalue weighted by Crippen LogP contribution is 2.13. The monoisotopic (exact) mass is 829 g/mol. The molecule has 0 rings (SSSR count). The fraction of sp³-hybridized carbons (Fsp3) is 0.574. The summed E-state index contributed by atoms with van der Waals surface area (Å²) < 4.78 is 16.7. The summed E-state index contributed by atoms with van der Waals surface area (Å²) in [6, 6.07) is 0. The van der Waals surface area contributed by atoms with E-state index in [4.69, 9.17) is 14.2 Å². The molecule has 60 heavy (non-hydrogen) atoms. The van der Waals surface area contributed by atoms with Crippen molar-refractivity contribution in [2.24, 2.45) is 0 Å². The molecule has 0 aliphatic heterocycles. The summed E-state index contributed by atoms with van der Waals surface area (Å²) in [6.45, 7) is 6.23. The van der Waals surface area contributed by atoms with Crippen molar-refractivity contribution in [1.29, 1.82) is 0 Å². The van der Waals surface area contributed by atoms with Crippen LogP contribution in [0.3, 0.4) is 0 Å². The van der Waals surface area contributed by atoms with Gasteiger partial charge in [0, 0.05) is 19.3 Å². The molecule has 0 N–H and O–H groups in total. The molecule has 6 heteroatoms. The lowest BCUT2D eigenvalue weighted by atomic mass is 10.1. The molecule has 0 saturated heterocycles. The Kier molecular flexibility index (Phi) is 44.2. The first-order valence-corrected chi connectivity index (χ1v) is 23.6. The van der Waals surface area contributed by atoms with Crippen molar-refractivity contribution in [3.8, 4) is 0 Å². The van der Waals surface area contributed by atoms with E-state index < -0.39 is 6.10 Å². The minimum atomic E-state index is -0.813. The van der Waals surface area contributed by atoms with Gasteiger partial charge in [-0.25, -0.2) is 0 Å². The Morgan fingerprint density at radius 2 is 0.733 bits per heavy atom. The Hall–Kier alpha value is -4.19. The van der Waals surface area contributed by atoms with Crippen LogP contribution in [0, 0.1) is 0 Å². The summed E-state index contributed by atoms with van der Waals surface area (Å²) in [4.78, 5) is 37.8. The summed E-state index contributed by atoms with van der Waals surface area (Å²) in [7, 11) is 0. The van der Waals surface area contributed by atoms with Crippen LogP contribution >= 0.6 is 0 Å². The van der Waals surface area contributed by atoms with Gasteiger partial charge in [-0.2, -0.15) is 0 Å². The van der Waals surface area contributed by atoms with Gasteiger partial charge in [0.05, 0.1) is 0 Å². The fourth-order valence-electron chi connectivity index (χ4n) is 5.84. The lowest BCUT2D eigenvalue weighted by Crippen LogP contribution is -2.30. The normalized spacial score (nSPS) is 13.2. The lowest BCUT2D eigenvalue weighted by molar-refractivity contribution is -0.167. The molecule has 0 aromatic carbocycles. The smallest absolute Gasteiger partial charge is 0.306 e. The van der Waals surface area contributed by atoms with Gasteiger partial charge < -0.3 is 14.2 Å². The minimum Gasteiger partial charge on any atom is -0.462 e. The lowest BCUT2D eigenvalue weighted by Gasteiger charge is -2.18. The second-order valence-electron chi connectivity index (χ2n) is 15.1. The number of rotatable bonds is 40. The van der Waals surface area contributed by atoms with Crippen molar-refractivity contribution in [3.05, 3.63) is 122 Å². The molecule has 0 aliphatic rings. The van der Waals surface area contributed by atoms with Crippen LogP contribution in [-0.4, -0.2) is 37.2 Å². The van der Waals surface area contributed by atoms with E-state index in [-0.39, 0.29) is 31.1 Å². The van der Waals surface area contributed by atoms with Crippen LogP contribution in [0.1, 0.15) is 181 Å². The zero-order valence-corrected chi connectivity index (χ0v) is 38.2. The van der Waals surface area contributed by atoms with Gasteiger partial charge in [-0.05, 0) is 83.5 Å². The van der Waals surface area contributed by atoms with Crippen LogP contribution in [0.25, 0.3) is 0 Å². The van der Waals surface area contributed by atoms with E-state index in [2.05, 4.69) is 81.5 Å². The highest BCUT2D eigenvalue weighted by molar-refractivity contribution is 5.71. The van der Waals surface area contributed by atoms with E-state index in [1.54, 1.807) is 0 Å².